The number of hydrogen-bond donors (Lipinski definition) is 1. The minimum absolute atomic E-state index is 0.754. The highest BCUT2D eigenvalue weighted by molar-refractivity contribution is 7.17. The normalized spacial score (nSPS) is 22.8. The molecular formula is C16H21NS. The van der Waals surface area contributed by atoms with Crippen molar-refractivity contribution in [2.24, 2.45) is 11.8 Å². The van der Waals surface area contributed by atoms with E-state index in [1.165, 1.54) is 23.1 Å². The molecule has 0 saturated heterocycles. The minimum atomic E-state index is 0.754. The predicted molar refractivity (Wildman–Crippen MR) is 80.4 cm³/mol. The second-order valence-corrected chi connectivity index (χ2v) is 6.75. The largest absolute Gasteiger partial charge is 0.316 e. The average Bonchev–Trinajstić information content (AvgIpc) is 2.99. The number of fused-ring (bicyclic) bond motifs is 1. The van der Waals surface area contributed by atoms with E-state index in [0.717, 1.165) is 24.3 Å². The molecule has 1 aliphatic carbocycles. The second kappa shape index (κ2) is 5.02. The summed E-state index contributed by atoms with van der Waals surface area (Å²) < 4.78 is 1.44. The van der Waals surface area contributed by atoms with Gasteiger partial charge in [0.25, 0.3) is 0 Å². The number of thiophene rings is 1. The van der Waals surface area contributed by atoms with Crippen molar-refractivity contribution >= 4 is 21.4 Å². The second-order valence-electron chi connectivity index (χ2n) is 5.84. The monoisotopic (exact) mass is 259 g/mol. The van der Waals surface area contributed by atoms with E-state index in [2.05, 4.69) is 48.8 Å². The van der Waals surface area contributed by atoms with Crippen LogP contribution in [0.2, 0.25) is 0 Å². The van der Waals surface area contributed by atoms with E-state index < -0.39 is 0 Å². The van der Waals surface area contributed by atoms with Crippen molar-refractivity contribution in [2.75, 3.05) is 13.1 Å². The van der Waals surface area contributed by atoms with Crippen LogP contribution >= 0.6 is 11.3 Å². The Balaban J connectivity index is 1.64. The molecule has 1 N–H and O–H groups in total. The topological polar surface area (TPSA) is 12.0 Å². The van der Waals surface area contributed by atoms with Crippen LogP contribution in [0.5, 0.6) is 0 Å². The van der Waals surface area contributed by atoms with Crippen LogP contribution in [0.4, 0.5) is 0 Å². The SMILES string of the molecule is CC(C)CNCC1CC1c1csc2ccccc12. The minimum Gasteiger partial charge on any atom is -0.316 e. The van der Waals surface area contributed by atoms with E-state index in [1.807, 2.05) is 11.3 Å². The third kappa shape index (κ3) is 2.45. The van der Waals surface area contributed by atoms with Crippen molar-refractivity contribution < 1.29 is 0 Å². The average molecular weight is 259 g/mol. The summed E-state index contributed by atoms with van der Waals surface area (Å²) in [7, 11) is 0. The Kier molecular flexibility index (Phi) is 3.40. The summed E-state index contributed by atoms with van der Waals surface area (Å²) in [5.41, 5.74) is 1.59. The van der Waals surface area contributed by atoms with Crippen LogP contribution in [0.25, 0.3) is 10.1 Å². The van der Waals surface area contributed by atoms with Gasteiger partial charge in [0.05, 0.1) is 0 Å². The summed E-state index contributed by atoms with van der Waals surface area (Å²) in [6.45, 7) is 6.87. The highest BCUT2D eigenvalue weighted by Crippen LogP contribution is 2.50. The van der Waals surface area contributed by atoms with Gasteiger partial charge in [0.1, 0.15) is 0 Å². The molecule has 2 unspecified atom stereocenters. The number of nitrogens with one attached hydrogen (secondary N) is 1. The first-order valence-electron chi connectivity index (χ1n) is 6.92. The Morgan fingerprint density at radius 1 is 1.33 bits per heavy atom. The van der Waals surface area contributed by atoms with Gasteiger partial charge >= 0.3 is 0 Å². The summed E-state index contributed by atoms with van der Waals surface area (Å²) in [5.74, 6) is 2.42. The van der Waals surface area contributed by atoms with Crippen molar-refractivity contribution in [1.29, 1.82) is 0 Å². The zero-order chi connectivity index (χ0) is 12.5. The molecule has 1 aliphatic rings. The zero-order valence-corrected chi connectivity index (χ0v) is 12.0. The van der Waals surface area contributed by atoms with Crippen LogP contribution in [-0.2, 0) is 0 Å². The molecule has 1 aromatic carbocycles. The van der Waals surface area contributed by atoms with Crippen LogP contribution in [-0.4, -0.2) is 13.1 Å². The summed E-state index contributed by atoms with van der Waals surface area (Å²) >= 11 is 1.89. The molecule has 2 aromatic rings. The van der Waals surface area contributed by atoms with Crippen molar-refractivity contribution in [3.05, 3.63) is 35.2 Å². The summed E-state index contributed by atoms with van der Waals surface area (Å²) in [4.78, 5) is 0. The predicted octanol–water partition coefficient (Wildman–Crippen LogP) is 4.25. The van der Waals surface area contributed by atoms with E-state index >= 15 is 0 Å². The zero-order valence-electron chi connectivity index (χ0n) is 11.1. The fraction of sp³-hybridized carbons (Fsp3) is 0.500. The standard InChI is InChI=1S/C16H21NS/c1-11(2)8-17-9-12-7-14(12)15-10-18-16-6-4-3-5-13(15)16/h3-6,10-12,14,17H,7-9H2,1-2H3. The van der Waals surface area contributed by atoms with Gasteiger partial charge in [-0.3, -0.25) is 0 Å². The van der Waals surface area contributed by atoms with Gasteiger partial charge < -0.3 is 5.32 Å². The molecule has 0 aliphatic heterocycles. The molecule has 0 bridgehead atoms. The highest BCUT2D eigenvalue weighted by atomic mass is 32.1. The Morgan fingerprint density at radius 3 is 3.00 bits per heavy atom. The molecule has 0 radical (unpaired) electrons. The van der Waals surface area contributed by atoms with Gasteiger partial charge in [0, 0.05) is 4.70 Å². The smallest absolute Gasteiger partial charge is 0.0345 e. The van der Waals surface area contributed by atoms with Crippen molar-refractivity contribution in [2.45, 2.75) is 26.2 Å². The molecule has 1 saturated carbocycles. The first-order valence-corrected chi connectivity index (χ1v) is 7.80. The quantitative estimate of drug-likeness (QED) is 0.846. The molecule has 2 atom stereocenters. The fourth-order valence-corrected chi connectivity index (χ4v) is 3.72. The molecule has 96 valence electrons. The van der Waals surface area contributed by atoms with Gasteiger partial charge in [0.2, 0.25) is 0 Å². The molecule has 2 heteroatoms. The van der Waals surface area contributed by atoms with E-state index in [4.69, 9.17) is 0 Å². The van der Waals surface area contributed by atoms with Crippen LogP contribution in [0.1, 0.15) is 31.7 Å². The number of hydrogen-bond acceptors (Lipinski definition) is 2. The van der Waals surface area contributed by atoms with E-state index in [-0.39, 0.29) is 0 Å². The maximum atomic E-state index is 3.59. The third-order valence-electron chi connectivity index (χ3n) is 3.79. The van der Waals surface area contributed by atoms with Crippen LogP contribution < -0.4 is 5.32 Å². The van der Waals surface area contributed by atoms with Gasteiger partial charge in [-0.2, -0.15) is 0 Å². The van der Waals surface area contributed by atoms with Crippen molar-refractivity contribution in [3.63, 3.8) is 0 Å². The van der Waals surface area contributed by atoms with Crippen molar-refractivity contribution in [1.82, 2.24) is 5.32 Å². The lowest BCUT2D eigenvalue weighted by molar-refractivity contribution is 0.533. The Bertz CT molecular complexity index is 529. The van der Waals surface area contributed by atoms with Crippen LogP contribution in [0.3, 0.4) is 0 Å². The molecule has 18 heavy (non-hydrogen) atoms. The molecule has 0 spiro atoms. The van der Waals surface area contributed by atoms with E-state index in [1.54, 1.807) is 5.56 Å². The van der Waals surface area contributed by atoms with Crippen LogP contribution in [0.15, 0.2) is 29.6 Å². The molecule has 3 rings (SSSR count). The summed E-state index contributed by atoms with van der Waals surface area (Å²) in [6.07, 6.45) is 1.37. The highest BCUT2D eigenvalue weighted by Gasteiger charge is 2.38. The van der Waals surface area contributed by atoms with Gasteiger partial charge in [0.15, 0.2) is 0 Å². The fourth-order valence-electron chi connectivity index (χ4n) is 2.70. The lowest BCUT2D eigenvalue weighted by Gasteiger charge is -2.06. The van der Waals surface area contributed by atoms with Crippen LogP contribution in [0, 0.1) is 11.8 Å². The lowest BCUT2D eigenvalue weighted by atomic mass is 10.1. The van der Waals surface area contributed by atoms with Gasteiger partial charge in [-0.1, -0.05) is 32.0 Å². The maximum Gasteiger partial charge on any atom is 0.0345 e. The van der Waals surface area contributed by atoms with Gasteiger partial charge in [-0.25, -0.2) is 0 Å². The van der Waals surface area contributed by atoms with E-state index in [9.17, 15) is 0 Å². The Hall–Kier alpha value is -0.860. The molecule has 1 nitrogen and oxygen atoms in total. The van der Waals surface area contributed by atoms with E-state index in [0.29, 0.717) is 0 Å². The van der Waals surface area contributed by atoms with Gasteiger partial charge in [-0.15, -0.1) is 11.3 Å². The first-order chi connectivity index (χ1) is 8.75. The molecule has 1 aromatic heterocycles. The van der Waals surface area contributed by atoms with Gasteiger partial charge in [-0.05, 0) is 59.7 Å². The maximum absolute atomic E-state index is 3.59. The molecule has 1 fully saturated rings. The number of benzene rings is 1. The number of rotatable bonds is 5. The summed E-state index contributed by atoms with van der Waals surface area (Å²) in [5, 5.41) is 7.45. The molecular weight excluding hydrogens is 238 g/mol. The van der Waals surface area contributed by atoms with Crippen molar-refractivity contribution in [3.8, 4) is 0 Å². The molecule has 1 heterocycles. The Labute approximate surface area is 113 Å². The molecule has 0 amide bonds. The first kappa shape index (κ1) is 12.2. The third-order valence-corrected chi connectivity index (χ3v) is 4.77. The summed E-state index contributed by atoms with van der Waals surface area (Å²) in [6, 6.07) is 8.81. The lowest BCUT2D eigenvalue weighted by Crippen LogP contribution is -2.22. The Morgan fingerprint density at radius 2 is 2.17 bits per heavy atom.